The summed E-state index contributed by atoms with van der Waals surface area (Å²) in [6.45, 7) is 23.3. The fourth-order valence-electron chi connectivity index (χ4n) is 5.12. The number of Topliss-reactive ketones (excluding diaryl/α,β-unsaturated/α-hetero) is 1. The van der Waals surface area contributed by atoms with Crippen molar-refractivity contribution in [3.63, 3.8) is 0 Å². The lowest BCUT2D eigenvalue weighted by Crippen LogP contribution is -2.42. The van der Waals surface area contributed by atoms with Crippen LogP contribution in [0.4, 0.5) is 0 Å². The van der Waals surface area contributed by atoms with Gasteiger partial charge in [-0.05, 0) is 82.1 Å². The Morgan fingerprint density at radius 1 is 0.857 bits per heavy atom. The van der Waals surface area contributed by atoms with Gasteiger partial charge in [-0.25, -0.2) is 10.6 Å². The number of aliphatic hydroxyl groups is 4. The summed E-state index contributed by atoms with van der Waals surface area (Å²) < 4.78 is 5.75. The Labute approximate surface area is 425 Å². The van der Waals surface area contributed by atoms with Gasteiger partial charge in [-0.1, -0.05) is 140 Å². The SMILES string of the molecule is C1CC1.CC.CC(=O)CO.CC(CCC(O)C(=O)O)CC(O)CCNC(=O)Cc1ccc(Cl)cc1.CCC.CCCNC(=O)C(C)(C)COCC(C)(C)CN(N)/C=C(\N)CO.O=NCc1ccccc1. The smallest absolute Gasteiger partial charge is 0.332 e. The topological polar surface area (TPSA) is 287 Å². The van der Waals surface area contributed by atoms with Gasteiger partial charge in [0.25, 0.3) is 0 Å². The van der Waals surface area contributed by atoms with Gasteiger partial charge in [0.05, 0.1) is 43.5 Å². The van der Waals surface area contributed by atoms with Gasteiger partial charge in [0.1, 0.15) is 13.2 Å². The van der Waals surface area contributed by atoms with E-state index in [-0.39, 0.29) is 61.5 Å². The third kappa shape index (κ3) is 48.5. The molecule has 0 bridgehead atoms. The van der Waals surface area contributed by atoms with Crippen LogP contribution in [0.5, 0.6) is 0 Å². The van der Waals surface area contributed by atoms with E-state index in [1.54, 1.807) is 24.3 Å². The van der Waals surface area contributed by atoms with E-state index in [1.165, 1.54) is 43.8 Å². The predicted octanol–water partition coefficient (Wildman–Crippen LogP) is 7.68. The van der Waals surface area contributed by atoms with Gasteiger partial charge in [0.2, 0.25) is 11.8 Å². The highest BCUT2D eigenvalue weighted by Crippen LogP contribution is 2.21. The maximum absolute atomic E-state index is 12.0. The quantitative estimate of drug-likeness (QED) is 0.0262. The molecular weight excluding hydrogens is 920 g/mol. The van der Waals surface area contributed by atoms with E-state index in [0.717, 1.165) is 17.5 Å². The first-order valence-electron chi connectivity index (χ1n) is 24.4. The van der Waals surface area contributed by atoms with Crippen LogP contribution < -0.4 is 22.2 Å². The third-order valence-electron chi connectivity index (χ3n) is 8.87. The van der Waals surface area contributed by atoms with Crippen LogP contribution in [-0.2, 0) is 36.9 Å². The molecule has 0 heterocycles. The predicted molar refractivity (Wildman–Crippen MR) is 282 cm³/mol. The number of carbonyl (C=O) groups excluding carboxylic acids is 3. The Bertz CT molecular complexity index is 1650. The first-order valence-corrected chi connectivity index (χ1v) is 24.8. The number of benzene rings is 2. The molecule has 18 heteroatoms. The van der Waals surface area contributed by atoms with Crippen molar-refractivity contribution in [2.45, 2.75) is 159 Å². The molecule has 11 N–H and O–H groups in total. The molecule has 2 aromatic rings. The summed E-state index contributed by atoms with van der Waals surface area (Å²) >= 11 is 5.79. The Morgan fingerprint density at radius 2 is 1.40 bits per heavy atom. The molecule has 0 aromatic heterocycles. The Morgan fingerprint density at radius 3 is 1.86 bits per heavy atom. The molecule has 1 fully saturated rings. The second-order valence-corrected chi connectivity index (χ2v) is 18.5. The standard InChI is InChI=1S/C18H26ClNO5.C16H34N4O3.C7H7NO.C3H6O2.C3H6.C3H8.C2H6/c1-12(2-7-16(22)18(24)25)10-15(21)8-9-20-17(23)11-13-3-5-14(19)6-4-13;1-6-7-19-14(22)16(4,5)12-23-11-15(2,3)10-20(18)8-13(17)9-21;9-8-6-7-4-2-1-3-5-7;1-3(5)2-4;1-2-3-1;1-3-2;1-2/h3-6,12,15-16,21-22H,2,7-11H2,1H3,(H,20,23)(H,24,25);8,21H,6-7,9-12,17-18H2,1-5H3,(H,19,22);1-5H,6H2;4H,2H2,1H3;1-3H2;3H2,1-2H3;1-2H3/b;13-8-;;;;;. The van der Waals surface area contributed by atoms with E-state index < -0.39 is 23.6 Å². The maximum atomic E-state index is 12.0. The van der Waals surface area contributed by atoms with Gasteiger partial charge >= 0.3 is 5.97 Å². The number of nitrogens with two attached hydrogens (primary N) is 2. The number of nitrogens with one attached hydrogen (secondary N) is 2. The first-order chi connectivity index (χ1) is 32.9. The number of hydrazine groups is 1. The number of nitrogens with zero attached hydrogens (tertiary/aromatic N) is 2. The normalized spacial score (nSPS) is 12.6. The van der Waals surface area contributed by atoms with Gasteiger partial charge in [-0.2, -0.15) is 4.91 Å². The minimum atomic E-state index is -1.35. The lowest BCUT2D eigenvalue weighted by Gasteiger charge is -2.31. The van der Waals surface area contributed by atoms with Crippen LogP contribution in [0, 0.1) is 21.7 Å². The molecule has 0 saturated heterocycles. The minimum absolute atomic E-state index is 0.00346. The summed E-state index contributed by atoms with van der Waals surface area (Å²) in [6.07, 6.45) is 8.11. The highest BCUT2D eigenvalue weighted by Gasteiger charge is 2.29. The van der Waals surface area contributed by atoms with Gasteiger partial charge in [0.15, 0.2) is 11.9 Å². The van der Waals surface area contributed by atoms with Crippen molar-refractivity contribution in [2.75, 3.05) is 46.1 Å². The number of rotatable bonds is 25. The Hall–Kier alpha value is -4.49. The first kappa shape index (κ1) is 72.1. The molecule has 3 atom stereocenters. The zero-order valence-corrected chi connectivity index (χ0v) is 45.1. The van der Waals surface area contributed by atoms with Crippen LogP contribution >= 0.6 is 11.6 Å². The van der Waals surface area contributed by atoms with Crippen molar-refractivity contribution in [1.29, 1.82) is 0 Å². The van der Waals surface area contributed by atoms with Crippen molar-refractivity contribution < 1.29 is 49.4 Å². The molecule has 3 rings (SSSR count). The summed E-state index contributed by atoms with van der Waals surface area (Å²) in [5, 5.41) is 55.0. The number of carboxylic acids is 1. The second-order valence-electron chi connectivity index (χ2n) is 18.1. The van der Waals surface area contributed by atoms with Gasteiger partial charge in [-0.3, -0.25) is 14.4 Å². The van der Waals surface area contributed by atoms with Crippen molar-refractivity contribution in [1.82, 2.24) is 15.6 Å². The molecule has 0 aliphatic heterocycles. The van der Waals surface area contributed by atoms with Crippen molar-refractivity contribution in [3.8, 4) is 0 Å². The lowest BCUT2D eigenvalue weighted by molar-refractivity contribution is -0.147. The number of halogens is 1. The van der Waals surface area contributed by atoms with Crippen LogP contribution in [-0.4, -0.2) is 112 Å². The fourth-order valence-corrected chi connectivity index (χ4v) is 5.24. The number of nitroso groups, excluding NO2 is 1. The van der Waals surface area contributed by atoms with Crippen molar-refractivity contribution in [3.05, 3.63) is 87.6 Å². The maximum Gasteiger partial charge on any atom is 0.332 e. The number of amides is 2. The molecule has 1 aliphatic rings. The molecule has 70 heavy (non-hydrogen) atoms. The van der Waals surface area contributed by atoms with E-state index in [0.29, 0.717) is 62.8 Å². The third-order valence-corrected chi connectivity index (χ3v) is 9.12. The zero-order chi connectivity index (χ0) is 54.6. The van der Waals surface area contributed by atoms with Gasteiger partial charge in [0, 0.05) is 36.3 Å². The minimum Gasteiger partial charge on any atom is -0.479 e. The summed E-state index contributed by atoms with van der Waals surface area (Å²) in [5.74, 6) is 4.40. The van der Waals surface area contributed by atoms with Gasteiger partial charge in [-0.15, -0.1) is 0 Å². The lowest BCUT2D eigenvalue weighted by atomic mass is 9.92. The number of aliphatic carboxylic acids is 1. The molecule has 2 amide bonds. The molecular formula is C52H93ClN6O11. The summed E-state index contributed by atoms with van der Waals surface area (Å²) in [6, 6.07) is 16.5. The average molecular weight is 1010 g/mol. The average Bonchev–Trinajstić information content (AvgIpc) is 4.20. The van der Waals surface area contributed by atoms with Gasteiger partial charge < -0.3 is 51.6 Å². The number of carboxylic acid groups (broad SMARTS) is 1. The molecule has 17 nitrogen and oxygen atoms in total. The number of hydrogen-bond donors (Lipinski definition) is 9. The number of hydrogen-bond acceptors (Lipinski definition) is 14. The molecule has 2 aromatic carbocycles. The fraction of sp³-hybridized carbons (Fsp3) is 0.654. The van der Waals surface area contributed by atoms with E-state index in [2.05, 4.69) is 29.7 Å². The summed E-state index contributed by atoms with van der Waals surface area (Å²) in [5.41, 5.74) is 6.87. The highest BCUT2D eigenvalue weighted by molar-refractivity contribution is 6.30. The molecule has 3 unspecified atom stereocenters. The number of carbonyl (C=O) groups is 4. The van der Waals surface area contributed by atoms with Crippen LogP contribution in [0.15, 0.2) is 71.7 Å². The zero-order valence-electron chi connectivity index (χ0n) is 44.3. The van der Waals surface area contributed by atoms with E-state index in [4.69, 9.17) is 43.2 Å². The number of aliphatic hydroxyl groups excluding tert-OH is 4. The van der Waals surface area contributed by atoms with Crippen molar-refractivity contribution in [2.24, 2.45) is 33.5 Å². The van der Waals surface area contributed by atoms with E-state index >= 15 is 0 Å². The molecule has 0 radical (unpaired) electrons. The van der Waals surface area contributed by atoms with Crippen LogP contribution in [0.1, 0.15) is 145 Å². The monoisotopic (exact) mass is 1010 g/mol. The Kier molecular flexibility index (Phi) is 47.0. The van der Waals surface area contributed by atoms with Crippen LogP contribution in [0.2, 0.25) is 5.02 Å². The van der Waals surface area contributed by atoms with Crippen LogP contribution in [0.3, 0.4) is 0 Å². The summed E-state index contributed by atoms with van der Waals surface area (Å²) in [4.78, 5) is 53.7. The Balaban J connectivity index is -0.000000436. The number of ether oxygens (including phenoxy) is 1. The van der Waals surface area contributed by atoms with Crippen LogP contribution in [0.25, 0.3) is 0 Å². The molecule has 1 saturated carbocycles. The largest absolute Gasteiger partial charge is 0.479 e. The number of ketones is 1. The molecule has 1 aliphatic carbocycles. The van der Waals surface area contributed by atoms with E-state index in [9.17, 15) is 34.3 Å². The van der Waals surface area contributed by atoms with Crippen molar-refractivity contribution >= 4 is 35.2 Å². The van der Waals surface area contributed by atoms with E-state index in [1.807, 2.05) is 85.7 Å². The molecule has 404 valence electrons. The summed E-state index contributed by atoms with van der Waals surface area (Å²) in [7, 11) is 0. The highest BCUT2D eigenvalue weighted by atomic mass is 35.5. The molecule has 0 spiro atoms. The second kappa shape index (κ2) is 45.6.